The van der Waals surface area contributed by atoms with Gasteiger partial charge in [0.1, 0.15) is 0 Å². The van der Waals surface area contributed by atoms with Gasteiger partial charge in [0.2, 0.25) is 0 Å². The third-order valence-corrected chi connectivity index (χ3v) is 8.05. The van der Waals surface area contributed by atoms with E-state index in [2.05, 4.69) is 28.9 Å². The number of carboxylic acid groups (broad SMARTS) is 1. The zero-order valence-corrected chi connectivity index (χ0v) is 21.3. The van der Waals surface area contributed by atoms with Crippen LogP contribution in [0.4, 0.5) is 5.69 Å². The Kier molecular flexibility index (Phi) is 7.57. The zero-order chi connectivity index (χ0) is 23.7. The van der Waals surface area contributed by atoms with Crippen LogP contribution in [0.3, 0.4) is 0 Å². The summed E-state index contributed by atoms with van der Waals surface area (Å²) >= 11 is 12.8. The molecule has 2 aromatic rings. The second-order valence-corrected chi connectivity index (χ2v) is 10.1. The summed E-state index contributed by atoms with van der Waals surface area (Å²) in [4.78, 5) is 16.1. The molecule has 178 valence electrons. The molecule has 2 aliphatic heterocycles. The first-order chi connectivity index (χ1) is 15.9. The van der Waals surface area contributed by atoms with Crippen molar-refractivity contribution >= 4 is 34.9 Å². The molecular weight excluding hydrogens is 455 g/mol. The number of carboxylic acids is 1. The number of hydrogen-bond donors (Lipinski definition) is 1. The Bertz CT molecular complexity index is 991. The highest BCUT2D eigenvalue weighted by molar-refractivity contribution is 6.39. The molecule has 6 heteroatoms. The first-order valence-electron chi connectivity index (χ1n) is 12.2. The van der Waals surface area contributed by atoms with Gasteiger partial charge in [-0.3, -0.25) is 9.69 Å². The predicted octanol–water partition coefficient (Wildman–Crippen LogP) is 6.72. The van der Waals surface area contributed by atoms with Crippen LogP contribution in [0.5, 0.6) is 0 Å². The fraction of sp³-hybridized carbons (Fsp3) is 0.519. The van der Waals surface area contributed by atoms with E-state index in [0.29, 0.717) is 22.0 Å². The zero-order valence-electron chi connectivity index (χ0n) is 19.8. The minimum atomic E-state index is -0.639. The monoisotopic (exact) mass is 488 g/mol. The van der Waals surface area contributed by atoms with Crippen molar-refractivity contribution in [2.45, 2.75) is 58.4 Å². The number of rotatable bonds is 4. The minimum Gasteiger partial charge on any atom is -0.481 e. The molecule has 1 atom stereocenters. The Labute approximate surface area is 207 Å². The number of anilines is 1. The van der Waals surface area contributed by atoms with Crippen LogP contribution in [0.25, 0.3) is 0 Å². The fourth-order valence-corrected chi connectivity index (χ4v) is 6.38. The van der Waals surface area contributed by atoms with E-state index >= 15 is 0 Å². The highest BCUT2D eigenvalue weighted by Gasteiger charge is 2.36. The van der Waals surface area contributed by atoms with Gasteiger partial charge >= 0.3 is 5.97 Å². The first-order valence-corrected chi connectivity index (χ1v) is 13.0. The summed E-state index contributed by atoms with van der Waals surface area (Å²) in [7, 11) is 0. The molecule has 4 nitrogen and oxygen atoms in total. The summed E-state index contributed by atoms with van der Waals surface area (Å²) in [6, 6.07) is 10.9. The molecule has 5 rings (SSSR count). The highest BCUT2D eigenvalue weighted by Crippen LogP contribution is 2.44. The van der Waals surface area contributed by atoms with Crippen molar-refractivity contribution in [1.82, 2.24) is 4.90 Å². The molecule has 3 aliphatic rings. The highest BCUT2D eigenvalue weighted by atomic mass is 35.5. The van der Waals surface area contributed by atoms with Gasteiger partial charge in [0.25, 0.3) is 0 Å². The van der Waals surface area contributed by atoms with E-state index in [-0.39, 0.29) is 5.92 Å². The summed E-state index contributed by atoms with van der Waals surface area (Å²) in [6.45, 7) is 9.89. The minimum absolute atomic E-state index is 0.172. The van der Waals surface area contributed by atoms with E-state index in [1.54, 1.807) is 0 Å². The number of benzene rings is 2. The van der Waals surface area contributed by atoms with Gasteiger partial charge in [-0.05, 0) is 80.1 Å². The van der Waals surface area contributed by atoms with Crippen molar-refractivity contribution in [3.63, 3.8) is 0 Å². The third-order valence-electron chi connectivity index (χ3n) is 7.44. The van der Waals surface area contributed by atoms with E-state index in [4.69, 9.17) is 23.2 Å². The molecule has 0 aromatic heterocycles. The van der Waals surface area contributed by atoms with Gasteiger partial charge in [0.05, 0.1) is 21.7 Å². The molecule has 2 aromatic carbocycles. The molecule has 0 radical (unpaired) electrons. The lowest BCUT2D eigenvalue weighted by Gasteiger charge is -2.42. The number of para-hydroxylation sites is 1. The molecule has 1 aliphatic carbocycles. The number of aryl methyl sites for hydroxylation is 2. The summed E-state index contributed by atoms with van der Waals surface area (Å²) in [6.07, 6.45) is 3.78. The molecule has 1 N–H and O–H groups in total. The summed E-state index contributed by atoms with van der Waals surface area (Å²) in [5.41, 5.74) is 6.72. The van der Waals surface area contributed by atoms with Crippen molar-refractivity contribution in [2.75, 3.05) is 31.1 Å². The van der Waals surface area contributed by atoms with Crippen LogP contribution >= 0.6 is 23.2 Å². The topological polar surface area (TPSA) is 43.8 Å². The molecule has 0 spiro atoms. The van der Waals surface area contributed by atoms with Crippen LogP contribution < -0.4 is 4.90 Å². The second kappa shape index (κ2) is 10.2. The maximum atomic E-state index is 11.3. The van der Waals surface area contributed by atoms with E-state index in [1.165, 1.54) is 22.3 Å². The Balaban J connectivity index is 0.00000126. The van der Waals surface area contributed by atoms with Gasteiger partial charge in [-0.25, -0.2) is 0 Å². The Morgan fingerprint density at radius 1 is 1.03 bits per heavy atom. The molecule has 0 saturated carbocycles. The number of hydrogen-bond acceptors (Lipinski definition) is 3. The number of likely N-dealkylation sites (tertiary alicyclic amines) is 1. The van der Waals surface area contributed by atoms with Gasteiger partial charge in [0, 0.05) is 25.0 Å². The van der Waals surface area contributed by atoms with Gasteiger partial charge in [-0.1, -0.05) is 55.2 Å². The van der Waals surface area contributed by atoms with Gasteiger partial charge < -0.3 is 10.0 Å². The van der Waals surface area contributed by atoms with Crippen molar-refractivity contribution in [3.8, 4) is 0 Å². The summed E-state index contributed by atoms with van der Waals surface area (Å²) < 4.78 is 0. The average molecular weight is 489 g/mol. The molecular formula is C27H34Cl2N2O2. The predicted molar refractivity (Wildman–Crippen MR) is 137 cm³/mol. The number of carbonyl (C=O) groups is 1. The lowest BCUT2D eigenvalue weighted by atomic mass is 9.86. The number of fused-ring (bicyclic) bond motifs is 1. The van der Waals surface area contributed by atoms with Gasteiger partial charge in [-0.2, -0.15) is 0 Å². The largest absolute Gasteiger partial charge is 0.481 e. The van der Waals surface area contributed by atoms with Gasteiger partial charge in [-0.15, -0.1) is 0 Å². The van der Waals surface area contributed by atoms with E-state index in [1.807, 2.05) is 32.0 Å². The lowest BCUT2D eigenvalue weighted by molar-refractivity contribution is -0.143. The van der Waals surface area contributed by atoms with Crippen LogP contribution in [0.1, 0.15) is 67.3 Å². The summed E-state index contributed by atoms with van der Waals surface area (Å²) in [5, 5.41) is 10.7. The normalized spacial score (nSPS) is 21.2. The van der Waals surface area contributed by atoms with E-state index < -0.39 is 5.97 Å². The molecule has 0 amide bonds. The third kappa shape index (κ3) is 4.76. The van der Waals surface area contributed by atoms with Crippen LogP contribution in [0, 0.1) is 12.8 Å². The van der Waals surface area contributed by atoms with Crippen LogP contribution in [-0.4, -0.2) is 42.2 Å². The Hall–Kier alpha value is -1.75. The molecule has 2 heterocycles. The number of aliphatic carboxylic acids is 1. The number of halogens is 2. The maximum Gasteiger partial charge on any atom is 0.306 e. The average Bonchev–Trinajstić information content (AvgIpc) is 3.21. The van der Waals surface area contributed by atoms with Crippen molar-refractivity contribution < 1.29 is 9.90 Å². The number of piperidine rings is 1. The van der Waals surface area contributed by atoms with E-state index in [9.17, 15) is 9.90 Å². The maximum absolute atomic E-state index is 11.3. The smallest absolute Gasteiger partial charge is 0.306 e. The Morgan fingerprint density at radius 2 is 1.67 bits per heavy atom. The van der Waals surface area contributed by atoms with Gasteiger partial charge in [0.15, 0.2) is 0 Å². The van der Waals surface area contributed by atoms with Crippen LogP contribution in [0.2, 0.25) is 10.0 Å². The lowest BCUT2D eigenvalue weighted by Crippen LogP contribution is -2.45. The van der Waals surface area contributed by atoms with Crippen LogP contribution in [-0.2, 0) is 11.2 Å². The van der Waals surface area contributed by atoms with Crippen molar-refractivity contribution in [1.29, 1.82) is 0 Å². The van der Waals surface area contributed by atoms with Crippen LogP contribution in [0.15, 0.2) is 30.3 Å². The fourth-order valence-electron chi connectivity index (χ4n) is 5.74. The van der Waals surface area contributed by atoms with E-state index in [0.717, 1.165) is 57.5 Å². The molecule has 2 saturated heterocycles. The molecule has 33 heavy (non-hydrogen) atoms. The number of nitrogens with zero attached hydrogens (tertiary/aromatic N) is 2. The Morgan fingerprint density at radius 3 is 2.27 bits per heavy atom. The standard InChI is InChI=1S/C25H28Cl2N2O2.C2H6/c1-15-11-18(19-13-29(14-19)24-20(26)3-2-4-21(24)27)12-17-5-6-22(23(15)17)28-9-7-16(8-10-28)25(30)31;1-2/h2-4,11-12,16,19,22H,5-10,13-14H2,1H3,(H,30,31);1-2H3. The first kappa shape index (κ1) is 24.4. The molecule has 1 unspecified atom stereocenters. The quantitative estimate of drug-likeness (QED) is 0.518. The second-order valence-electron chi connectivity index (χ2n) is 9.29. The molecule has 0 bridgehead atoms. The SMILES string of the molecule is CC.Cc1cc(C2CN(c3c(Cl)cccc3Cl)C2)cc2c1C(N1CCC(C(=O)O)CC1)CC2. The summed E-state index contributed by atoms with van der Waals surface area (Å²) in [5.74, 6) is -0.310. The molecule has 2 fully saturated rings. The van der Waals surface area contributed by atoms with Crippen molar-refractivity contribution in [3.05, 3.63) is 62.6 Å². The van der Waals surface area contributed by atoms with Crippen molar-refractivity contribution in [2.24, 2.45) is 5.92 Å².